The number of anilines is 1. The molecule has 136 valence electrons. The number of amides is 2. The fraction of sp³-hybridized carbons (Fsp3) is 0.300. The van der Waals surface area contributed by atoms with Crippen molar-refractivity contribution < 1.29 is 18.9 Å². The van der Waals surface area contributed by atoms with Crippen molar-refractivity contribution in [1.29, 1.82) is 0 Å². The van der Waals surface area contributed by atoms with E-state index in [1.807, 2.05) is 42.2 Å². The number of hydrogen-bond acceptors (Lipinski definition) is 2. The third-order valence-electron chi connectivity index (χ3n) is 4.85. The number of nitrogens with one attached hydrogen (secondary N) is 2. The zero-order chi connectivity index (χ0) is 18.5. The Hall–Kier alpha value is -2.73. The molecule has 2 aromatic carbocycles. The number of nitrogens with zero attached hydrogens (tertiary/aromatic N) is 1. The second-order valence-corrected chi connectivity index (χ2v) is 6.51. The lowest BCUT2D eigenvalue weighted by atomic mass is 10.1. The molecule has 3 rings (SSSR count). The van der Waals surface area contributed by atoms with Gasteiger partial charge in [-0.25, -0.2) is 4.39 Å². The van der Waals surface area contributed by atoms with Crippen LogP contribution in [0, 0.1) is 5.82 Å². The topological polar surface area (TPSA) is 53.9 Å². The van der Waals surface area contributed by atoms with E-state index in [2.05, 4.69) is 5.32 Å². The average Bonchev–Trinajstić information content (AvgIpc) is 2.69. The molecule has 0 bridgehead atoms. The van der Waals surface area contributed by atoms with Crippen molar-refractivity contribution in [3.63, 3.8) is 0 Å². The van der Waals surface area contributed by atoms with Gasteiger partial charge < -0.3 is 15.1 Å². The van der Waals surface area contributed by atoms with Crippen LogP contribution < -0.4 is 10.2 Å². The Balaban J connectivity index is 1.55. The number of quaternary nitrogens is 1. The summed E-state index contributed by atoms with van der Waals surface area (Å²) in [4.78, 5) is 27.8. The van der Waals surface area contributed by atoms with Gasteiger partial charge in [-0.05, 0) is 31.2 Å². The number of piperazine rings is 1. The molecule has 1 aliphatic heterocycles. The lowest BCUT2D eigenvalue weighted by Crippen LogP contribution is -3.19. The van der Waals surface area contributed by atoms with Gasteiger partial charge in [0.1, 0.15) is 5.82 Å². The highest BCUT2D eigenvalue weighted by Crippen LogP contribution is 2.12. The van der Waals surface area contributed by atoms with Gasteiger partial charge in [0.2, 0.25) is 0 Å². The molecule has 1 saturated heterocycles. The molecule has 0 unspecified atom stereocenters. The molecule has 6 heteroatoms. The van der Waals surface area contributed by atoms with E-state index in [1.165, 1.54) is 6.07 Å². The maximum Gasteiger partial charge on any atom is 0.282 e. The first-order valence-corrected chi connectivity index (χ1v) is 8.80. The Morgan fingerprint density at radius 3 is 2.31 bits per heavy atom. The van der Waals surface area contributed by atoms with Crippen molar-refractivity contribution in [2.24, 2.45) is 0 Å². The summed E-state index contributed by atoms with van der Waals surface area (Å²) in [6, 6.07) is 15.0. The predicted molar refractivity (Wildman–Crippen MR) is 97.5 cm³/mol. The summed E-state index contributed by atoms with van der Waals surface area (Å²) in [5.74, 6) is -0.637. The predicted octanol–water partition coefficient (Wildman–Crippen LogP) is 1.19. The fourth-order valence-electron chi connectivity index (χ4n) is 3.18. The molecule has 5 nitrogen and oxygen atoms in total. The normalized spacial score (nSPS) is 16.2. The summed E-state index contributed by atoms with van der Waals surface area (Å²) in [6.45, 7) is 4.40. The van der Waals surface area contributed by atoms with Crippen molar-refractivity contribution in [1.82, 2.24) is 4.90 Å². The molecular weight excluding hydrogens is 333 g/mol. The monoisotopic (exact) mass is 356 g/mol. The van der Waals surface area contributed by atoms with Crippen LogP contribution in [0.15, 0.2) is 54.6 Å². The fourth-order valence-corrected chi connectivity index (χ4v) is 3.18. The minimum Gasteiger partial charge on any atom is -0.327 e. The highest BCUT2D eigenvalue weighted by molar-refractivity contribution is 5.94. The lowest BCUT2D eigenvalue weighted by Gasteiger charge is -2.34. The Morgan fingerprint density at radius 1 is 1.04 bits per heavy atom. The molecule has 0 saturated carbocycles. The van der Waals surface area contributed by atoms with Crippen LogP contribution in [0.25, 0.3) is 0 Å². The Kier molecular flexibility index (Phi) is 5.63. The third-order valence-corrected chi connectivity index (χ3v) is 4.85. The SMILES string of the molecule is C[C@@H](C(=O)Nc1ccccc1F)[NH+]1CCN(C(=O)c2ccccc2)CC1. The van der Waals surface area contributed by atoms with Crippen molar-refractivity contribution in [3.05, 3.63) is 66.0 Å². The van der Waals surface area contributed by atoms with E-state index in [-0.39, 0.29) is 23.5 Å². The van der Waals surface area contributed by atoms with E-state index >= 15 is 0 Å². The third kappa shape index (κ3) is 4.08. The minimum atomic E-state index is -0.443. The molecule has 0 aromatic heterocycles. The molecule has 1 atom stereocenters. The van der Waals surface area contributed by atoms with Crippen LogP contribution in [0.1, 0.15) is 17.3 Å². The molecule has 1 heterocycles. The summed E-state index contributed by atoms with van der Waals surface area (Å²) >= 11 is 0. The van der Waals surface area contributed by atoms with E-state index in [0.29, 0.717) is 31.7 Å². The lowest BCUT2D eigenvalue weighted by molar-refractivity contribution is -0.917. The van der Waals surface area contributed by atoms with E-state index in [9.17, 15) is 14.0 Å². The van der Waals surface area contributed by atoms with Crippen molar-refractivity contribution in [2.75, 3.05) is 31.5 Å². The summed E-state index contributed by atoms with van der Waals surface area (Å²) < 4.78 is 13.7. The summed E-state index contributed by atoms with van der Waals surface area (Å²) in [6.07, 6.45) is 0. The van der Waals surface area contributed by atoms with Gasteiger partial charge in [-0.2, -0.15) is 0 Å². The Morgan fingerprint density at radius 2 is 1.65 bits per heavy atom. The van der Waals surface area contributed by atoms with Crippen molar-refractivity contribution in [3.8, 4) is 0 Å². The van der Waals surface area contributed by atoms with Crippen LogP contribution in [-0.2, 0) is 4.79 Å². The van der Waals surface area contributed by atoms with Gasteiger partial charge in [0.15, 0.2) is 6.04 Å². The number of halogens is 1. The highest BCUT2D eigenvalue weighted by Gasteiger charge is 2.31. The van der Waals surface area contributed by atoms with Gasteiger partial charge in [0.05, 0.1) is 31.9 Å². The van der Waals surface area contributed by atoms with Crippen LogP contribution in [0.5, 0.6) is 0 Å². The van der Waals surface area contributed by atoms with E-state index in [4.69, 9.17) is 0 Å². The first-order chi connectivity index (χ1) is 12.6. The maximum atomic E-state index is 13.7. The molecule has 2 N–H and O–H groups in total. The summed E-state index contributed by atoms with van der Waals surface area (Å²) in [5.41, 5.74) is 0.878. The van der Waals surface area contributed by atoms with Crippen LogP contribution in [-0.4, -0.2) is 48.9 Å². The standard InChI is InChI=1S/C20H22FN3O2/c1-15(19(25)22-18-10-6-5-9-17(18)21)23-11-13-24(14-12-23)20(26)16-7-3-2-4-8-16/h2-10,15H,11-14H2,1H3,(H,22,25)/p+1/t15-/m0/s1. The summed E-state index contributed by atoms with van der Waals surface area (Å²) in [5, 5.41) is 2.65. The molecule has 0 spiro atoms. The zero-order valence-electron chi connectivity index (χ0n) is 14.7. The second-order valence-electron chi connectivity index (χ2n) is 6.51. The smallest absolute Gasteiger partial charge is 0.282 e. The van der Waals surface area contributed by atoms with E-state index in [0.717, 1.165) is 4.90 Å². The number of benzene rings is 2. The summed E-state index contributed by atoms with van der Waals surface area (Å²) in [7, 11) is 0. The molecule has 1 aliphatic rings. The average molecular weight is 356 g/mol. The second kappa shape index (κ2) is 8.10. The number of hydrogen-bond donors (Lipinski definition) is 2. The highest BCUT2D eigenvalue weighted by atomic mass is 19.1. The molecule has 0 radical (unpaired) electrons. The first kappa shape index (κ1) is 18.1. The number of carbonyl (C=O) groups is 2. The van der Waals surface area contributed by atoms with Crippen LogP contribution in [0.3, 0.4) is 0 Å². The molecule has 0 aliphatic carbocycles. The van der Waals surface area contributed by atoms with Crippen molar-refractivity contribution >= 4 is 17.5 Å². The number of para-hydroxylation sites is 1. The Labute approximate surface area is 152 Å². The molecule has 2 amide bonds. The minimum absolute atomic E-state index is 0.0214. The molecule has 2 aromatic rings. The van der Waals surface area contributed by atoms with Gasteiger partial charge in [0.25, 0.3) is 11.8 Å². The van der Waals surface area contributed by atoms with Gasteiger partial charge in [-0.1, -0.05) is 30.3 Å². The first-order valence-electron chi connectivity index (χ1n) is 8.80. The van der Waals surface area contributed by atoms with Crippen molar-refractivity contribution in [2.45, 2.75) is 13.0 Å². The van der Waals surface area contributed by atoms with Gasteiger partial charge in [-0.15, -0.1) is 0 Å². The zero-order valence-corrected chi connectivity index (χ0v) is 14.7. The molecular formula is C20H23FN3O2+. The van der Waals surface area contributed by atoms with Crippen LogP contribution >= 0.6 is 0 Å². The number of rotatable bonds is 4. The van der Waals surface area contributed by atoms with E-state index in [1.54, 1.807) is 18.2 Å². The van der Waals surface area contributed by atoms with Gasteiger partial charge in [0, 0.05) is 5.56 Å². The van der Waals surface area contributed by atoms with E-state index < -0.39 is 5.82 Å². The van der Waals surface area contributed by atoms with Crippen LogP contribution in [0.4, 0.5) is 10.1 Å². The Bertz CT molecular complexity index is 774. The quantitative estimate of drug-likeness (QED) is 0.865. The maximum absolute atomic E-state index is 13.7. The molecule has 1 fully saturated rings. The van der Waals surface area contributed by atoms with Gasteiger partial charge in [-0.3, -0.25) is 9.59 Å². The largest absolute Gasteiger partial charge is 0.327 e. The number of carbonyl (C=O) groups excluding carboxylic acids is 2. The molecule has 26 heavy (non-hydrogen) atoms. The van der Waals surface area contributed by atoms with Crippen LogP contribution in [0.2, 0.25) is 0 Å². The van der Waals surface area contributed by atoms with Gasteiger partial charge >= 0.3 is 0 Å².